The summed E-state index contributed by atoms with van der Waals surface area (Å²) < 4.78 is 0. The first-order chi connectivity index (χ1) is 8.59. The fourth-order valence-corrected chi connectivity index (χ4v) is 2.26. The van der Waals surface area contributed by atoms with E-state index in [1.807, 2.05) is 25.1 Å². The van der Waals surface area contributed by atoms with Crippen molar-refractivity contribution in [3.05, 3.63) is 35.4 Å². The van der Waals surface area contributed by atoms with E-state index in [-0.39, 0.29) is 24.8 Å². The highest BCUT2D eigenvalue weighted by molar-refractivity contribution is 5.83. The molecule has 0 radical (unpaired) electrons. The van der Waals surface area contributed by atoms with Gasteiger partial charge in [-0.2, -0.15) is 0 Å². The number of hydrogen-bond acceptors (Lipinski definition) is 2. The van der Waals surface area contributed by atoms with Crippen molar-refractivity contribution in [3.8, 4) is 0 Å². The molecule has 4 heteroatoms. The average molecular weight is 247 g/mol. The molecule has 1 amide bonds. The molecule has 0 aromatic heterocycles. The molecule has 0 aliphatic heterocycles. The molecular weight excluding hydrogens is 230 g/mol. The number of carbonyl (C=O) groups is 2. The second kappa shape index (κ2) is 5.21. The molecular formula is C14H17NO3. The van der Waals surface area contributed by atoms with E-state index in [2.05, 4.69) is 11.4 Å². The van der Waals surface area contributed by atoms with Crippen LogP contribution in [0.2, 0.25) is 0 Å². The first-order valence-electron chi connectivity index (χ1n) is 6.14. The molecule has 1 aliphatic carbocycles. The van der Waals surface area contributed by atoms with Crippen molar-refractivity contribution < 1.29 is 14.7 Å². The maximum atomic E-state index is 11.8. The predicted molar refractivity (Wildman–Crippen MR) is 67.3 cm³/mol. The van der Waals surface area contributed by atoms with Gasteiger partial charge in [0, 0.05) is 12.5 Å². The summed E-state index contributed by atoms with van der Waals surface area (Å²) >= 11 is 0. The Hall–Kier alpha value is -1.84. The van der Waals surface area contributed by atoms with Crippen molar-refractivity contribution in [1.82, 2.24) is 5.32 Å². The van der Waals surface area contributed by atoms with Crippen LogP contribution in [0.1, 0.15) is 29.9 Å². The highest BCUT2D eigenvalue weighted by Crippen LogP contribution is 2.48. The van der Waals surface area contributed by atoms with Crippen molar-refractivity contribution in [3.63, 3.8) is 0 Å². The van der Waals surface area contributed by atoms with Gasteiger partial charge in [-0.3, -0.25) is 9.59 Å². The van der Waals surface area contributed by atoms with Gasteiger partial charge in [0.05, 0.1) is 6.42 Å². The van der Waals surface area contributed by atoms with Gasteiger partial charge in [0.25, 0.3) is 0 Å². The van der Waals surface area contributed by atoms with Gasteiger partial charge in [-0.25, -0.2) is 0 Å². The Labute approximate surface area is 106 Å². The molecule has 0 bridgehead atoms. The lowest BCUT2D eigenvalue weighted by atomic mass is 10.0. The minimum Gasteiger partial charge on any atom is -0.481 e. The number of carboxylic acid groups (broad SMARTS) is 1. The largest absolute Gasteiger partial charge is 0.481 e. The third-order valence-electron chi connectivity index (χ3n) is 3.35. The molecule has 2 rings (SSSR count). The van der Waals surface area contributed by atoms with Crippen LogP contribution in [-0.4, -0.2) is 23.5 Å². The Balaban J connectivity index is 1.86. The van der Waals surface area contributed by atoms with Crippen molar-refractivity contribution in [2.75, 3.05) is 6.54 Å². The number of carbonyl (C=O) groups excluding carboxylic acids is 1. The molecule has 2 N–H and O–H groups in total. The molecule has 0 saturated heterocycles. The number of carboxylic acids is 1. The topological polar surface area (TPSA) is 66.4 Å². The molecule has 18 heavy (non-hydrogen) atoms. The summed E-state index contributed by atoms with van der Waals surface area (Å²) in [6.07, 6.45) is 0.844. The van der Waals surface area contributed by atoms with Gasteiger partial charge in [0.2, 0.25) is 5.91 Å². The van der Waals surface area contributed by atoms with Crippen LogP contribution < -0.4 is 5.32 Å². The average Bonchev–Trinajstić information content (AvgIpc) is 3.09. The monoisotopic (exact) mass is 247 g/mol. The van der Waals surface area contributed by atoms with Crippen LogP contribution in [0.15, 0.2) is 24.3 Å². The molecule has 96 valence electrons. The van der Waals surface area contributed by atoms with E-state index in [9.17, 15) is 9.59 Å². The normalized spacial score (nSPS) is 21.4. The van der Waals surface area contributed by atoms with E-state index in [4.69, 9.17) is 5.11 Å². The van der Waals surface area contributed by atoms with E-state index in [1.54, 1.807) is 0 Å². The zero-order valence-electron chi connectivity index (χ0n) is 10.3. The fraction of sp³-hybridized carbons (Fsp3) is 0.429. The molecule has 0 unspecified atom stereocenters. The number of rotatable bonds is 5. The molecule has 0 spiro atoms. The first kappa shape index (κ1) is 12.6. The summed E-state index contributed by atoms with van der Waals surface area (Å²) in [4.78, 5) is 22.1. The Morgan fingerprint density at radius 1 is 1.39 bits per heavy atom. The minimum atomic E-state index is -0.887. The van der Waals surface area contributed by atoms with Crippen LogP contribution in [0.4, 0.5) is 0 Å². The second-order valence-electron chi connectivity index (χ2n) is 4.74. The molecule has 4 nitrogen and oxygen atoms in total. The third-order valence-corrected chi connectivity index (χ3v) is 3.35. The van der Waals surface area contributed by atoms with Gasteiger partial charge >= 0.3 is 5.97 Å². The van der Waals surface area contributed by atoms with Crippen molar-refractivity contribution >= 4 is 11.9 Å². The number of amides is 1. The highest BCUT2D eigenvalue weighted by Gasteiger charge is 2.44. The smallest absolute Gasteiger partial charge is 0.305 e. The fourth-order valence-electron chi connectivity index (χ4n) is 2.26. The quantitative estimate of drug-likeness (QED) is 0.832. The zero-order valence-corrected chi connectivity index (χ0v) is 10.3. The van der Waals surface area contributed by atoms with Crippen LogP contribution >= 0.6 is 0 Å². The minimum absolute atomic E-state index is 0.0138. The van der Waals surface area contributed by atoms with Crippen molar-refractivity contribution in [1.29, 1.82) is 0 Å². The van der Waals surface area contributed by atoms with Crippen LogP contribution in [0.5, 0.6) is 0 Å². The maximum absolute atomic E-state index is 11.8. The second-order valence-corrected chi connectivity index (χ2v) is 4.74. The van der Waals surface area contributed by atoms with Gasteiger partial charge in [0.15, 0.2) is 0 Å². The van der Waals surface area contributed by atoms with E-state index in [1.165, 1.54) is 11.1 Å². The lowest BCUT2D eigenvalue weighted by molar-refractivity contribution is -0.136. The van der Waals surface area contributed by atoms with E-state index in [0.29, 0.717) is 5.92 Å². The van der Waals surface area contributed by atoms with Crippen LogP contribution in [0, 0.1) is 12.8 Å². The number of hydrogen-bond donors (Lipinski definition) is 2. The lowest BCUT2D eigenvalue weighted by Gasteiger charge is -2.05. The van der Waals surface area contributed by atoms with Gasteiger partial charge in [-0.05, 0) is 30.4 Å². The van der Waals surface area contributed by atoms with Crippen molar-refractivity contribution in [2.24, 2.45) is 5.92 Å². The Morgan fingerprint density at radius 3 is 2.78 bits per heavy atom. The summed E-state index contributed by atoms with van der Waals surface area (Å²) in [6.45, 7) is 2.26. The standard InChI is InChI=1S/C14H17NO3/c1-9-4-2-3-5-10(9)11-8-12(11)14(18)15-7-6-13(16)17/h2-5,11-12H,6-8H2,1H3,(H,15,18)(H,16,17)/t11-,12+/m0/s1. The van der Waals surface area contributed by atoms with Gasteiger partial charge < -0.3 is 10.4 Å². The van der Waals surface area contributed by atoms with Gasteiger partial charge in [-0.1, -0.05) is 24.3 Å². The molecule has 1 aromatic rings. The Morgan fingerprint density at radius 2 is 2.11 bits per heavy atom. The van der Waals surface area contributed by atoms with Gasteiger partial charge in [-0.15, -0.1) is 0 Å². The van der Waals surface area contributed by atoms with E-state index >= 15 is 0 Å². The summed E-state index contributed by atoms with van der Waals surface area (Å²) in [5.41, 5.74) is 2.44. The van der Waals surface area contributed by atoms with E-state index < -0.39 is 5.97 Å². The highest BCUT2D eigenvalue weighted by atomic mass is 16.4. The summed E-state index contributed by atoms with van der Waals surface area (Å²) in [5, 5.41) is 11.2. The summed E-state index contributed by atoms with van der Waals surface area (Å²) in [6, 6.07) is 8.08. The molecule has 1 saturated carbocycles. The maximum Gasteiger partial charge on any atom is 0.305 e. The number of benzene rings is 1. The summed E-state index contributed by atoms with van der Waals surface area (Å²) in [7, 11) is 0. The molecule has 0 heterocycles. The summed E-state index contributed by atoms with van der Waals surface area (Å²) in [5.74, 6) is -0.595. The molecule has 1 aliphatic rings. The van der Waals surface area contributed by atoms with Gasteiger partial charge in [0.1, 0.15) is 0 Å². The van der Waals surface area contributed by atoms with Crippen LogP contribution in [-0.2, 0) is 9.59 Å². The van der Waals surface area contributed by atoms with Crippen LogP contribution in [0.25, 0.3) is 0 Å². The molecule has 2 atom stereocenters. The Bertz CT molecular complexity index is 470. The SMILES string of the molecule is Cc1ccccc1[C@@H]1C[C@H]1C(=O)NCCC(=O)O. The number of nitrogens with one attached hydrogen (secondary N) is 1. The number of aliphatic carboxylic acids is 1. The number of aryl methyl sites for hydroxylation is 1. The van der Waals surface area contributed by atoms with E-state index in [0.717, 1.165) is 6.42 Å². The molecule has 1 fully saturated rings. The van der Waals surface area contributed by atoms with Crippen molar-refractivity contribution in [2.45, 2.75) is 25.7 Å². The lowest BCUT2D eigenvalue weighted by Crippen LogP contribution is -2.27. The first-order valence-corrected chi connectivity index (χ1v) is 6.14. The third kappa shape index (κ3) is 2.88. The Kier molecular flexibility index (Phi) is 3.65. The molecule has 1 aromatic carbocycles. The zero-order chi connectivity index (χ0) is 13.1. The van der Waals surface area contributed by atoms with Crippen LogP contribution in [0.3, 0.4) is 0 Å². The predicted octanol–water partition coefficient (Wildman–Crippen LogP) is 1.69.